The summed E-state index contributed by atoms with van der Waals surface area (Å²) in [6.45, 7) is -1.55. The zero-order valence-corrected chi connectivity index (χ0v) is 39.0. The number of aliphatic hydroxyl groups is 14. The highest BCUT2D eigenvalue weighted by atomic mass is 16.8. The van der Waals surface area contributed by atoms with E-state index in [0.717, 1.165) is 44.9 Å². The summed E-state index contributed by atoms with van der Waals surface area (Å²) in [6.07, 6.45) is -15.6. The molecule has 21 atom stereocenters. The molecule has 0 aromatic carbocycles. The molecule has 24 nitrogen and oxygen atoms in total. The molecule has 0 spiro atoms. The van der Waals surface area contributed by atoms with E-state index in [0.29, 0.717) is 6.42 Å². The summed E-state index contributed by atoms with van der Waals surface area (Å²) in [5.41, 5.74) is 0. The molecule has 24 heteroatoms. The van der Waals surface area contributed by atoms with Gasteiger partial charge >= 0.3 is 5.97 Å². The van der Waals surface area contributed by atoms with Gasteiger partial charge in [-0.05, 0) is 38.5 Å². The molecule has 0 aromatic heterocycles. The van der Waals surface area contributed by atoms with E-state index >= 15 is 0 Å². The summed E-state index contributed by atoms with van der Waals surface area (Å²) in [6, 6.07) is 0. The van der Waals surface area contributed by atoms with Gasteiger partial charge in [0.1, 0.15) is 110 Å². The third-order valence-corrected chi connectivity index (χ3v) is 12.3. The van der Waals surface area contributed by atoms with Gasteiger partial charge in [-0.25, -0.2) is 0 Å². The van der Waals surface area contributed by atoms with Crippen molar-refractivity contribution in [3.05, 3.63) is 24.3 Å². The lowest BCUT2D eigenvalue weighted by molar-refractivity contribution is -0.348. The maximum atomic E-state index is 12.3. The Hall–Kier alpha value is -1.93. The van der Waals surface area contributed by atoms with Crippen LogP contribution in [-0.4, -0.2) is 246 Å². The molecule has 4 aliphatic rings. The number of unbranched alkanes of at least 4 members (excludes halogenated alkanes) is 8. The zero-order chi connectivity index (χ0) is 50.6. The topological polar surface area (TPSA) is 383 Å². The van der Waals surface area contributed by atoms with Crippen LogP contribution < -0.4 is 0 Å². The van der Waals surface area contributed by atoms with Crippen LogP contribution in [0.25, 0.3) is 0 Å². The molecule has 0 amide bonds. The van der Waals surface area contributed by atoms with E-state index in [2.05, 4.69) is 31.2 Å². The van der Waals surface area contributed by atoms with Gasteiger partial charge < -0.3 is 114 Å². The number of rotatable bonds is 29. The fourth-order valence-corrected chi connectivity index (χ4v) is 7.95. The van der Waals surface area contributed by atoms with Crippen molar-refractivity contribution in [3.8, 4) is 0 Å². The Kier molecular flexibility index (Phi) is 26.7. The summed E-state index contributed by atoms with van der Waals surface area (Å²) in [5, 5.41) is 145. The van der Waals surface area contributed by atoms with Gasteiger partial charge in [0, 0.05) is 6.42 Å². The van der Waals surface area contributed by atoms with Crippen molar-refractivity contribution in [2.75, 3.05) is 39.6 Å². The quantitative estimate of drug-likeness (QED) is 0.0193. The number of carbonyl (C=O) groups is 1. The van der Waals surface area contributed by atoms with Crippen molar-refractivity contribution in [1.29, 1.82) is 0 Å². The number of esters is 1. The van der Waals surface area contributed by atoms with E-state index < -0.39 is 175 Å². The molecule has 0 bridgehead atoms. The molecule has 4 rings (SSSR count). The summed E-state index contributed by atoms with van der Waals surface area (Å²) >= 11 is 0. The first kappa shape index (κ1) is 59.6. The van der Waals surface area contributed by atoms with Gasteiger partial charge in [-0.15, -0.1) is 0 Å². The van der Waals surface area contributed by atoms with Crippen LogP contribution in [0, 0.1) is 0 Å². The highest BCUT2D eigenvalue weighted by molar-refractivity contribution is 5.69. The Morgan fingerprint density at radius 3 is 1.28 bits per heavy atom. The van der Waals surface area contributed by atoms with Gasteiger partial charge in [-0.2, -0.15) is 0 Å². The molecule has 0 aromatic rings. The summed E-state index contributed by atoms with van der Waals surface area (Å²) < 4.78 is 49.1. The molecule has 14 N–H and O–H groups in total. The predicted octanol–water partition coefficient (Wildman–Crippen LogP) is -4.01. The summed E-state index contributed by atoms with van der Waals surface area (Å²) in [7, 11) is 0. The van der Waals surface area contributed by atoms with Crippen molar-refractivity contribution in [3.63, 3.8) is 0 Å². The number of hydrogen-bond donors (Lipinski definition) is 14. The lowest BCUT2D eigenvalue weighted by Gasteiger charge is -2.44. The van der Waals surface area contributed by atoms with Crippen molar-refractivity contribution >= 4 is 5.97 Å². The summed E-state index contributed by atoms with van der Waals surface area (Å²) in [4.78, 5) is 12.3. The first-order valence-corrected chi connectivity index (χ1v) is 24.0. The van der Waals surface area contributed by atoms with Gasteiger partial charge in [0.2, 0.25) is 0 Å². The second kappa shape index (κ2) is 31.0. The Labute approximate surface area is 401 Å². The van der Waals surface area contributed by atoms with Crippen LogP contribution in [0.4, 0.5) is 0 Å². The van der Waals surface area contributed by atoms with Gasteiger partial charge in [0.15, 0.2) is 25.2 Å². The van der Waals surface area contributed by atoms with Crippen LogP contribution in [-0.2, 0) is 47.4 Å². The minimum Gasteiger partial charge on any atom is -0.463 e. The first-order valence-electron chi connectivity index (χ1n) is 24.0. The van der Waals surface area contributed by atoms with Gasteiger partial charge in [-0.3, -0.25) is 4.79 Å². The van der Waals surface area contributed by atoms with Crippen LogP contribution in [0.2, 0.25) is 0 Å². The predicted molar refractivity (Wildman–Crippen MR) is 234 cm³/mol. The SMILES string of the molecule is CCCCC/C=C\C/C=C\CCCCCCCC(=O)OC[C@H](O)CO[C@@H]1O[C@H](CO[C@@H]2O[C@H](CO[C@@H]3O[C@H](CO[C@@H]4O[C@H](CO)[C@H](O)[C@H](O)[C@H]4O)[C@H](O)[C@H](O)[C@H]3O)[C@H](O)[C@H](O)[C@H]2O)[C@H](O)[C@H](O)[C@H]1O. The fourth-order valence-electron chi connectivity index (χ4n) is 7.95. The van der Waals surface area contributed by atoms with Crippen LogP contribution in [0.1, 0.15) is 84.0 Å². The lowest BCUT2D eigenvalue weighted by atomic mass is 9.98. The maximum Gasteiger partial charge on any atom is 0.305 e. The molecule has 0 saturated carbocycles. The van der Waals surface area contributed by atoms with Gasteiger partial charge in [-0.1, -0.05) is 63.3 Å². The molecule has 4 saturated heterocycles. The zero-order valence-electron chi connectivity index (χ0n) is 39.0. The molecule has 0 unspecified atom stereocenters. The second-order valence-corrected chi connectivity index (χ2v) is 17.9. The maximum absolute atomic E-state index is 12.3. The molecule has 4 aliphatic heterocycles. The Bertz CT molecular complexity index is 1480. The van der Waals surface area contributed by atoms with Crippen molar-refractivity contribution in [1.82, 2.24) is 0 Å². The fraction of sp³-hybridized carbons (Fsp3) is 0.889. The average Bonchev–Trinajstić information content (AvgIpc) is 3.34. The Morgan fingerprint density at radius 1 is 0.464 bits per heavy atom. The number of ether oxygens (including phenoxy) is 9. The molecule has 0 aliphatic carbocycles. The van der Waals surface area contributed by atoms with Crippen molar-refractivity contribution in [2.45, 2.75) is 213 Å². The number of aliphatic hydroxyl groups excluding tert-OH is 14. The molecular weight excluding hydrogens is 924 g/mol. The first-order chi connectivity index (χ1) is 33.0. The van der Waals surface area contributed by atoms with E-state index in [1.165, 1.54) is 19.3 Å². The third-order valence-electron chi connectivity index (χ3n) is 12.3. The monoisotopic (exact) mass is 1000 g/mol. The molecule has 0 radical (unpaired) electrons. The normalized spacial score (nSPS) is 39.3. The van der Waals surface area contributed by atoms with Crippen LogP contribution in [0.5, 0.6) is 0 Å². The molecule has 69 heavy (non-hydrogen) atoms. The van der Waals surface area contributed by atoms with Crippen LogP contribution in [0.3, 0.4) is 0 Å². The molecule has 4 fully saturated rings. The van der Waals surface area contributed by atoms with Crippen LogP contribution >= 0.6 is 0 Å². The average molecular weight is 1000 g/mol. The third kappa shape index (κ3) is 18.2. The second-order valence-electron chi connectivity index (χ2n) is 17.9. The van der Waals surface area contributed by atoms with E-state index in [9.17, 15) is 76.3 Å². The minimum atomic E-state index is -1.93. The largest absolute Gasteiger partial charge is 0.463 e. The van der Waals surface area contributed by atoms with Gasteiger partial charge in [0.25, 0.3) is 0 Å². The van der Waals surface area contributed by atoms with E-state index in [1.54, 1.807) is 0 Å². The van der Waals surface area contributed by atoms with Crippen LogP contribution in [0.15, 0.2) is 24.3 Å². The van der Waals surface area contributed by atoms with E-state index in [1.807, 2.05) is 0 Å². The highest BCUT2D eigenvalue weighted by Gasteiger charge is 2.50. The van der Waals surface area contributed by atoms with E-state index in [-0.39, 0.29) is 6.42 Å². The minimum absolute atomic E-state index is 0.167. The van der Waals surface area contributed by atoms with E-state index in [4.69, 9.17) is 42.6 Å². The highest BCUT2D eigenvalue weighted by Crippen LogP contribution is 2.29. The Balaban J connectivity index is 1.16. The Morgan fingerprint density at radius 2 is 0.841 bits per heavy atom. The molecule has 4 heterocycles. The summed E-state index contributed by atoms with van der Waals surface area (Å²) in [5.74, 6) is -0.506. The number of carbonyl (C=O) groups excluding carboxylic acids is 1. The van der Waals surface area contributed by atoms with Gasteiger partial charge in [0.05, 0.1) is 33.0 Å². The lowest BCUT2D eigenvalue weighted by Crippen LogP contribution is -2.63. The van der Waals surface area contributed by atoms with Crippen molar-refractivity contribution in [2.24, 2.45) is 0 Å². The molecular formula is C45H78O24. The number of allylic oxidation sites excluding steroid dienone is 4. The smallest absolute Gasteiger partial charge is 0.305 e. The van der Waals surface area contributed by atoms with Crippen molar-refractivity contribution < 1.29 is 119 Å². The standard InChI is InChI=1S/C45H78O24/c1-2-3-4-5-6-7-8-9-10-11-12-13-14-15-16-17-29(48)61-19-24(47)20-62-42-39(58)35(54)31(50)26(67-42)22-64-44-41(60)37(56)33(52)28(69-44)23-65-45-40(59)36(55)32(51)27(68-45)21-63-43-38(57)34(53)30(49)25(18-46)66-43/h6-7,9-10,24-28,30-47,49-60H,2-5,8,11-23H2,1H3/b7-6-,10-9-/t24-,25+,26+,27+,28+,30-,31-,32-,33-,34-,35-,36-,37-,38+,39+,40+,41+,42+,43+,44+,45+/m0/s1. The molecule has 402 valence electrons. The number of hydrogen-bond acceptors (Lipinski definition) is 24.